The largest absolute Gasteiger partial charge is 0.370 e. The summed E-state index contributed by atoms with van der Waals surface area (Å²) in [5, 5.41) is 6.25. The maximum absolute atomic E-state index is 5.76. The summed E-state index contributed by atoms with van der Waals surface area (Å²) in [5.74, 6) is 1.35. The van der Waals surface area contributed by atoms with Crippen LogP contribution in [0, 0.1) is 5.92 Å². The van der Waals surface area contributed by atoms with Crippen molar-refractivity contribution in [3.05, 3.63) is 16.6 Å². The van der Waals surface area contributed by atoms with E-state index in [0.717, 1.165) is 30.4 Å². The molecule has 0 unspecified atom stereocenters. The molecule has 1 aliphatic rings. The molecule has 1 saturated carbocycles. The summed E-state index contributed by atoms with van der Waals surface area (Å²) in [7, 11) is 0. The molecule has 1 aliphatic carbocycles. The second-order valence-corrected chi connectivity index (χ2v) is 5.10. The number of guanidine groups is 1. The van der Waals surface area contributed by atoms with Crippen molar-refractivity contribution in [2.24, 2.45) is 16.6 Å². The molecule has 0 amide bonds. The fourth-order valence-electron chi connectivity index (χ4n) is 1.63. The maximum Gasteiger partial charge on any atom is 0.188 e. The topological polar surface area (TPSA) is 63.3 Å². The molecule has 16 heavy (non-hydrogen) atoms. The standard InChI is InChI=1S/C11H18N4S/c12-11(15-8-9-2-1-3-9)14-5-4-10-13-6-7-16-10/h6-7,9H,1-5,8H2,(H3,12,14,15). The molecule has 1 aromatic heterocycles. The van der Waals surface area contributed by atoms with Gasteiger partial charge >= 0.3 is 0 Å². The predicted molar refractivity (Wildman–Crippen MR) is 67.7 cm³/mol. The Bertz CT molecular complexity index is 330. The molecule has 3 N–H and O–H groups in total. The molecule has 1 aromatic rings. The SMILES string of the molecule is NC(=NCC1CCC1)NCCc1nccs1. The summed E-state index contributed by atoms with van der Waals surface area (Å²) in [5.41, 5.74) is 5.76. The quantitative estimate of drug-likeness (QED) is 0.602. The van der Waals surface area contributed by atoms with E-state index in [1.54, 1.807) is 11.3 Å². The third-order valence-electron chi connectivity index (χ3n) is 2.87. The van der Waals surface area contributed by atoms with Gasteiger partial charge in [0.1, 0.15) is 0 Å². The first-order valence-electron chi connectivity index (χ1n) is 5.77. The molecule has 1 fully saturated rings. The molecule has 88 valence electrons. The lowest BCUT2D eigenvalue weighted by molar-refractivity contribution is 0.326. The zero-order chi connectivity index (χ0) is 11.2. The fraction of sp³-hybridized carbons (Fsp3) is 0.636. The molecule has 0 bridgehead atoms. The van der Waals surface area contributed by atoms with Crippen molar-refractivity contribution < 1.29 is 0 Å². The molecule has 2 rings (SSSR count). The van der Waals surface area contributed by atoms with Crippen LogP contribution in [-0.2, 0) is 6.42 Å². The minimum absolute atomic E-state index is 0.573. The molecule has 1 heterocycles. The van der Waals surface area contributed by atoms with Crippen LogP contribution in [0.1, 0.15) is 24.3 Å². The summed E-state index contributed by atoms with van der Waals surface area (Å²) in [6, 6.07) is 0. The number of thiazole rings is 1. The third-order valence-corrected chi connectivity index (χ3v) is 3.71. The van der Waals surface area contributed by atoms with Crippen LogP contribution >= 0.6 is 11.3 Å². The van der Waals surface area contributed by atoms with Gasteiger partial charge in [-0.25, -0.2) is 4.98 Å². The number of hydrogen-bond acceptors (Lipinski definition) is 3. The van der Waals surface area contributed by atoms with Crippen molar-refractivity contribution in [2.45, 2.75) is 25.7 Å². The number of aliphatic imine (C=N–C) groups is 1. The minimum atomic E-state index is 0.573. The van der Waals surface area contributed by atoms with Crippen LogP contribution in [0.2, 0.25) is 0 Å². The van der Waals surface area contributed by atoms with E-state index >= 15 is 0 Å². The molecular formula is C11H18N4S. The zero-order valence-electron chi connectivity index (χ0n) is 9.35. The van der Waals surface area contributed by atoms with Crippen molar-refractivity contribution in [3.63, 3.8) is 0 Å². The Labute approximate surface area is 100.0 Å². The number of aromatic nitrogens is 1. The van der Waals surface area contributed by atoms with Gasteiger partial charge in [-0.2, -0.15) is 0 Å². The Morgan fingerprint density at radius 2 is 2.50 bits per heavy atom. The molecule has 5 heteroatoms. The monoisotopic (exact) mass is 238 g/mol. The van der Waals surface area contributed by atoms with Gasteiger partial charge in [0.25, 0.3) is 0 Å². The lowest BCUT2D eigenvalue weighted by Crippen LogP contribution is -2.34. The fourth-order valence-corrected chi connectivity index (χ4v) is 2.25. The van der Waals surface area contributed by atoms with E-state index in [1.165, 1.54) is 19.3 Å². The van der Waals surface area contributed by atoms with Crippen LogP contribution in [0.3, 0.4) is 0 Å². The van der Waals surface area contributed by atoms with E-state index in [0.29, 0.717) is 5.96 Å². The smallest absolute Gasteiger partial charge is 0.188 e. The number of nitrogens with zero attached hydrogens (tertiary/aromatic N) is 2. The lowest BCUT2D eigenvalue weighted by atomic mass is 9.86. The van der Waals surface area contributed by atoms with Gasteiger partial charge in [0.05, 0.1) is 5.01 Å². The maximum atomic E-state index is 5.76. The first-order chi connectivity index (χ1) is 7.84. The van der Waals surface area contributed by atoms with E-state index in [4.69, 9.17) is 5.73 Å². The molecule has 0 atom stereocenters. The van der Waals surface area contributed by atoms with Gasteiger partial charge < -0.3 is 11.1 Å². The van der Waals surface area contributed by atoms with Gasteiger partial charge in [0.2, 0.25) is 0 Å². The first-order valence-corrected chi connectivity index (χ1v) is 6.64. The number of hydrogen-bond donors (Lipinski definition) is 2. The molecule has 4 nitrogen and oxygen atoms in total. The van der Waals surface area contributed by atoms with Crippen molar-refractivity contribution in [1.82, 2.24) is 10.3 Å². The highest BCUT2D eigenvalue weighted by Crippen LogP contribution is 2.26. The molecule has 0 aliphatic heterocycles. The van der Waals surface area contributed by atoms with Crippen LogP contribution in [0.25, 0.3) is 0 Å². The average molecular weight is 238 g/mol. The van der Waals surface area contributed by atoms with Gasteiger partial charge in [0.15, 0.2) is 5.96 Å². The summed E-state index contributed by atoms with van der Waals surface area (Å²) < 4.78 is 0. The van der Waals surface area contributed by atoms with Crippen molar-refractivity contribution in [2.75, 3.05) is 13.1 Å². The molecular weight excluding hydrogens is 220 g/mol. The highest BCUT2D eigenvalue weighted by atomic mass is 32.1. The zero-order valence-corrected chi connectivity index (χ0v) is 10.2. The minimum Gasteiger partial charge on any atom is -0.370 e. The highest BCUT2D eigenvalue weighted by Gasteiger charge is 2.16. The molecule has 0 aromatic carbocycles. The summed E-state index contributed by atoms with van der Waals surface area (Å²) in [6.45, 7) is 1.70. The normalized spacial score (nSPS) is 17.1. The third kappa shape index (κ3) is 3.48. The van der Waals surface area contributed by atoms with Gasteiger partial charge in [-0.1, -0.05) is 6.42 Å². The van der Waals surface area contributed by atoms with Crippen molar-refractivity contribution in [3.8, 4) is 0 Å². The van der Waals surface area contributed by atoms with Crippen LogP contribution in [-0.4, -0.2) is 24.0 Å². The predicted octanol–water partition coefficient (Wildman–Crippen LogP) is 1.39. The van der Waals surface area contributed by atoms with E-state index in [9.17, 15) is 0 Å². The van der Waals surface area contributed by atoms with E-state index in [1.807, 2.05) is 11.6 Å². The van der Waals surface area contributed by atoms with Gasteiger partial charge in [-0.15, -0.1) is 11.3 Å². The first kappa shape index (κ1) is 11.4. The van der Waals surface area contributed by atoms with Crippen LogP contribution < -0.4 is 11.1 Å². The van der Waals surface area contributed by atoms with Crippen LogP contribution in [0.5, 0.6) is 0 Å². The van der Waals surface area contributed by atoms with Crippen LogP contribution in [0.4, 0.5) is 0 Å². The molecule has 0 saturated heterocycles. The van der Waals surface area contributed by atoms with Crippen LogP contribution in [0.15, 0.2) is 16.6 Å². The van der Waals surface area contributed by atoms with Gasteiger partial charge in [-0.05, 0) is 18.8 Å². The molecule has 0 spiro atoms. The summed E-state index contributed by atoms with van der Waals surface area (Å²) in [4.78, 5) is 8.54. The lowest BCUT2D eigenvalue weighted by Gasteiger charge is -2.23. The Kier molecular flexibility index (Phi) is 4.16. The Balaban J connectivity index is 1.61. The Morgan fingerprint density at radius 1 is 1.62 bits per heavy atom. The number of nitrogens with one attached hydrogen (secondary N) is 1. The number of nitrogens with two attached hydrogens (primary N) is 1. The molecule has 0 radical (unpaired) electrons. The second-order valence-electron chi connectivity index (χ2n) is 4.13. The second kappa shape index (κ2) is 5.84. The summed E-state index contributed by atoms with van der Waals surface area (Å²) in [6.07, 6.45) is 6.73. The Morgan fingerprint density at radius 3 is 3.12 bits per heavy atom. The Hall–Kier alpha value is -1.10. The van der Waals surface area contributed by atoms with Crippen molar-refractivity contribution in [1.29, 1.82) is 0 Å². The number of rotatable bonds is 5. The summed E-state index contributed by atoms with van der Waals surface area (Å²) >= 11 is 1.67. The van der Waals surface area contributed by atoms with Gasteiger partial charge in [-0.3, -0.25) is 4.99 Å². The van der Waals surface area contributed by atoms with E-state index in [2.05, 4.69) is 15.3 Å². The van der Waals surface area contributed by atoms with E-state index in [-0.39, 0.29) is 0 Å². The highest BCUT2D eigenvalue weighted by molar-refractivity contribution is 7.09. The van der Waals surface area contributed by atoms with E-state index < -0.39 is 0 Å². The average Bonchev–Trinajstić information content (AvgIpc) is 2.68. The van der Waals surface area contributed by atoms with Crippen molar-refractivity contribution >= 4 is 17.3 Å². The van der Waals surface area contributed by atoms with Gasteiger partial charge in [0, 0.05) is 31.1 Å².